The van der Waals surface area contributed by atoms with E-state index in [4.69, 9.17) is 4.74 Å². The van der Waals surface area contributed by atoms with E-state index in [0.29, 0.717) is 0 Å². The van der Waals surface area contributed by atoms with E-state index in [0.717, 1.165) is 10.5 Å². The smallest absolute Gasteiger partial charge is 0.418 e. The summed E-state index contributed by atoms with van der Waals surface area (Å²) in [7, 11) is 0. The third-order valence-corrected chi connectivity index (χ3v) is 4.24. The average molecular weight is 343 g/mol. The summed E-state index contributed by atoms with van der Waals surface area (Å²) in [4.78, 5) is 38.1. The van der Waals surface area contributed by atoms with Gasteiger partial charge in [0.25, 0.3) is 5.91 Å². The van der Waals surface area contributed by atoms with Crippen LogP contribution in [-0.2, 0) is 14.3 Å². The number of carbonyl (C=O) groups excluding carboxylic acids is 3. The second-order valence-electron chi connectivity index (χ2n) is 7.58. The van der Waals surface area contributed by atoms with Crippen molar-refractivity contribution in [3.8, 4) is 0 Å². The highest BCUT2D eigenvalue weighted by atomic mass is 16.6. The van der Waals surface area contributed by atoms with E-state index < -0.39 is 23.1 Å². The molecular formula is C20H25NO4. The molecule has 0 saturated heterocycles. The van der Waals surface area contributed by atoms with Gasteiger partial charge in [-0.2, -0.15) is 0 Å². The molecule has 0 bridgehead atoms. The zero-order valence-electron chi connectivity index (χ0n) is 15.4. The largest absolute Gasteiger partial charge is 0.443 e. The lowest BCUT2D eigenvalue weighted by atomic mass is 9.77. The van der Waals surface area contributed by atoms with Gasteiger partial charge in [-0.25, -0.2) is 9.69 Å². The molecule has 0 spiro atoms. The number of ketones is 1. The molecule has 0 aliphatic carbocycles. The zero-order chi connectivity index (χ0) is 18.8. The summed E-state index contributed by atoms with van der Waals surface area (Å²) in [5.41, 5.74) is -0.788. The fourth-order valence-electron chi connectivity index (χ4n) is 3.13. The highest BCUT2D eigenvalue weighted by Crippen LogP contribution is 2.41. The Hall–Kier alpha value is -2.43. The van der Waals surface area contributed by atoms with Crippen molar-refractivity contribution >= 4 is 17.8 Å². The number of ether oxygens (including phenoxy) is 1. The van der Waals surface area contributed by atoms with Crippen LogP contribution in [0.15, 0.2) is 42.5 Å². The van der Waals surface area contributed by atoms with Crippen LogP contribution in [0.4, 0.5) is 4.79 Å². The van der Waals surface area contributed by atoms with Crippen LogP contribution < -0.4 is 0 Å². The molecule has 1 aliphatic rings. The van der Waals surface area contributed by atoms with E-state index in [1.165, 1.54) is 13.0 Å². The lowest BCUT2D eigenvalue weighted by Gasteiger charge is -2.40. The summed E-state index contributed by atoms with van der Waals surface area (Å²) in [6.07, 6.45) is 2.59. The minimum Gasteiger partial charge on any atom is -0.443 e. The number of Topliss-reactive ketones (excluding diaryl/α,β-unsaturated/α-hetero) is 1. The molecule has 1 heterocycles. The van der Waals surface area contributed by atoms with Crippen molar-refractivity contribution in [2.24, 2.45) is 0 Å². The molecule has 0 N–H and O–H groups in total. The second kappa shape index (κ2) is 6.82. The van der Waals surface area contributed by atoms with Crippen molar-refractivity contribution in [3.05, 3.63) is 48.0 Å². The summed E-state index contributed by atoms with van der Waals surface area (Å²) < 4.78 is 5.42. The zero-order valence-corrected chi connectivity index (χ0v) is 15.4. The topological polar surface area (TPSA) is 63.7 Å². The maximum Gasteiger partial charge on any atom is 0.418 e. The molecule has 1 aromatic carbocycles. The predicted molar refractivity (Wildman–Crippen MR) is 95.1 cm³/mol. The van der Waals surface area contributed by atoms with E-state index >= 15 is 0 Å². The van der Waals surface area contributed by atoms with Crippen molar-refractivity contribution in [1.29, 1.82) is 0 Å². The summed E-state index contributed by atoms with van der Waals surface area (Å²) in [5.74, 6) is -0.783. The van der Waals surface area contributed by atoms with Crippen LogP contribution >= 0.6 is 0 Å². The fraction of sp³-hybridized carbons (Fsp3) is 0.450. The highest BCUT2D eigenvalue weighted by Gasteiger charge is 2.49. The summed E-state index contributed by atoms with van der Waals surface area (Å²) in [5, 5.41) is 0. The van der Waals surface area contributed by atoms with Crippen molar-refractivity contribution in [1.82, 2.24) is 4.90 Å². The minimum atomic E-state index is -0.966. The Kier molecular flexibility index (Phi) is 5.16. The van der Waals surface area contributed by atoms with Gasteiger partial charge in [-0.3, -0.25) is 4.79 Å². The molecule has 0 radical (unpaired) electrons. The number of imide groups is 1. The predicted octanol–water partition coefficient (Wildman–Crippen LogP) is 3.84. The number of carbonyl (C=O) groups is 3. The van der Waals surface area contributed by atoms with E-state index in [1.54, 1.807) is 33.8 Å². The maximum atomic E-state index is 12.7. The van der Waals surface area contributed by atoms with Crippen LogP contribution in [0.1, 0.15) is 52.5 Å². The third kappa shape index (κ3) is 4.16. The Balaban J connectivity index is 2.45. The van der Waals surface area contributed by atoms with Gasteiger partial charge in [0.1, 0.15) is 11.4 Å². The molecule has 5 heteroatoms. The van der Waals surface area contributed by atoms with Gasteiger partial charge in [0.05, 0.1) is 5.54 Å². The fourth-order valence-corrected chi connectivity index (χ4v) is 3.13. The van der Waals surface area contributed by atoms with Gasteiger partial charge >= 0.3 is 6.09 Å². The quantitative estimate of drug-likeness (QED) is 0.833. The Morgan fingerprint density at radius 2 is 1.80 bits per heavy atom. The first-order valence-electron chi connectivity index (χ1n) is 8.35. The highest BCUT2D eigenvalue weighted by molar-refractivity contribution is 6.02. The Morgan fingerprint density at radius 1 is 1.20 bits per heavy atom. The number of amides is 2. The first-order chi connectivity index (χ1) is 11.5. The summed E-state index contributed by atoms with van der Waals surface area (Å²) in [6.45, 7) is 8.55. The van der Waals surface area contributed by atoms with E-state index in [9.17, 15) is 14.4 Å². The number of benzene rings is 1. The molecule has 2 atom stereocenters. The van der Waals surface area contributed by atoms with Gasteiger partial charge < -0.3 is 9.53 Å². The first kappa shape index (κ1) is 18.9. The van der Waals surface area contributed by atoms with Crippen LogP contribution in [0.3, 0.4) is 0 Å². The lowest BCUT2D eigenvalue weighted by molar-refractivity contribution is -0.129. The molecule has 1 aromatic rings. The van der Waals surface area contributed by atoms with E-state index in [-0.39, 0.29) is 18.1 Å². The molecule has 0 fully saturated rings. The number of hydrogen-bond acceptors (Lipinski definition) is 4. The molecule has 25 heavy (non-hydrogen) atoms. The van der Waals surface area contributed by atoms with Crippen molar-refractivity contribution in [2.45, 2.75) is 58.1 Å². The molecule has 2 rings (SSSR count). The van der Waals surface area contributed by atoms with Gasteiger partial charge in [-0.05, 0) is 40.2 Å². The van der Waals surface area contributed by atoms with Crippen molar-refractivity contribution < 1.29 is 19.1 Å². The Morgan fingerprint density at radius 3 is 2.32 bits per heavy atom. The standard InChI is InChI=1S/C20H25NO4/c1-14(22)13-16(15-9-7-6-8-10-15)20(5)12-11-17(23)21(20)18(24)25-19(2,3)4/h6-12,16H,13H2,1-5H3/t16-,20-/m0/s1. The molecule has 5 nitrogen and oxygen atoms in total. The Bertz CT molecular complexity index is 702. The molecular weight excluding hydrogens is 318 g/mol. The maximum absolute atomic E-state index is 12.7. The average Bonchev–Trinajstić information content (AvgIpc) is 2.80. The summed E-state index contributed by atoms with van der Waals surface area (Å²) in [6, 6.07) is 9.46. The van der Waals surface area contributed by atoms with Crippen LogP contribution in [0.5, 0.6) is 0 Å². The van der Waals surface area contributed by atoms with Gasteiger partial charge in [-0.1, -0.05) is 36.4 Å². The SMILES string of the molecule is CC(=O)C[C@@H](c1ccccc1)[C@]1(C)C=CC(=O)N1C(=O)OC(C)(C)C. The van der Waals surface area contributed by atoms with Crippen LogP contribution in [0.2, 0.25) is 0 Å². The molecule has 2 amide bonds. The third-order valence-electron chi connectivity index (χ3n) is 4.24. The Labute approximate surface area is 148 Å². The van der Waals surface area contributed by atoms with Crippen LogP contribution in [0, 0.1) is 0 Å². The normalized spacial score (nSPS) is 21.3. The summed E-state index contributed by atoms with van der Waals surface area (Å²) >= 11 is 0. The monoisotopic (exact) mass is 343 g/mol. The number of nitrogens with zero attached hydrogens (tertiary/aromatic N) is 1. The van der Waals surface area contributed by atoms with Gasteiger partial charge in [0.2, 0.25) is 0 Å². The van der Waals surface area contributed by atoms with Crippen molar-refractivity contribution in [3.63, 3.8) is 0 Å². The van der Waals surface area contributed by atoms with Crippen LogP contribution in [-0.4, -0.2) is 33.8 Å². The molecule has 1 aliphatic heterocycles. The number of hydrogen-bond donors (Lipinski definition) is 0. The minimum absolute atomic E-state index is 0.00744. The van der Waals surface area contributed by atoms with E-state index in [2.05, 4.69) is 0 Å². The molecule has 0 saturated carbocycles. The molecule has 134 valence electrons. The number of rotatable bonds is 4. The molecule has 0 unspecified atom stereocenters. The van der Waals surface area contributed by atoms with Gasteiger partial charge in [0, 0.05) is 18.4 Å². The van der Waals surface area contributed by atoms with Crippen LogP contribution in [0.25, 0.3) is 0 Å². The lowest BCUT2D eigenvalue weighted by Crippen LogP contribution is -2.53. The van der Waals surface area contributed by atoms with Gasteiger partial charge in [0.15, 0.2) is 0 Å². The van der Waals surface area contributed by atoms with Gasteiger partial charge in [-0.15, -0.1) is 0 Å². The molecule has 0 aromatic heterocycles. The van der Waals surface area contributed by atoms with E-state index in [1.807, 2.05) is 30.3 Å². The van der Waals surface area contributed by atoms with Crippen molar-refractivity contribution in [2.75, 3.05) is 0 Å². The first-order valence-corrected chi connectivity index (χ1v) is 8.35. The second-order valence-corrected chi connectivity index (χ2v) is 7.58.